The molecule has 0 amide bonds. The van der Waals surface area contributed by atoms with Gasteiger partial charge in [-0.05, 0) is 17.7 Å². The molecule has 5 heteroatoms. The molecule has 2 aromatic rings. The van der Waals surface area contributed by atoms with Crippen LogP contribution in [0.15, 0.2) is 64.5 Å². The first-order valence-electron chi connectivity index (χ1n) is 6.11. The third kappa shape index (κ3) is 3.68. The quantitative estimate of drug-likeness (QED) is 0.691. The second-order valence-electron chi connectivity index (χ2n) is 4.48. The lowest BCUT2D eigenvalue weighted by atomic mass is 10.2. The van der Waals surface area contributed by atoms with Gasteiger partial charge in [0, 0.05) is 11.8 Å². The molecule has 2 rings (SSSR count). The van der Waals surface area contributed by atoms with Crippen molar-refractivity contribution >= 4 is 15.7 Å². The van der Waals surface area contributed by atoms with Crippen LogP contribution in [0.2, 0.25) is 0 Å². The average Bonchev–Trinajstić information content (AvgIpc) is 2.45. The first-order chi connectivity index (χ1) is 9.47. The van der Waals surface area contributed by atoms with E-state index in [9.17, 15) is 8.42 Å². The molecule has 2 aromatic carbocycles. The lowest BCUT2D eigenvalue weighted by molar-refractivity contribution is 0.602. The van der Waals surface area contributed by atoms with Gasteiger partial charge in [-0.15, -0.1) is 0 Å². The Bertz CT molecular complexity index is 705. The summed E-state index contributed by atoms with van der Waals surface area (Å²) in [5, 5.41) is 0. The molecular weight excluding hydrogens is 272 g/mol. The van der Waals surface area contributed by atoms with Crippen LogP contribution in [0, 0.1) is 0 Å². The molecule has 0 saturated heterocycles. The van der Waals surface area contributed by atoms with Gasteiger partial charge in [-0.1, -0.05) is 42.5 Å². The molecule has 0 aliphatic carbocycles. The fourth-order valence-corrected chi connectivity index (χ4v) is 2.35. The molecule has 0 aliphatic rings. The van der Waals surface area contributed by atoms with Crippen LogP contribution < -0.4 is 5.73 Å². The fourth-order valence-electron chi connectivity index (χ4n) is 1.72. The molecule has 0 saturated carbocycles. The minimum Gasteiger partial charge on any atom is -0.383 e. The molecule has 4 nitrogen and oxygen atoms in total. The zero-order chi connectivity index (χ0) is 14.6. The van der Waals surface area contributed by atoms with Gasteiger partial charge in [0.1, 0.15) is 5.84 Å². The van der Waals surface area contributed by atoms with E-state index in [-0.39, 0.29) is 0 Å². The predicted octanol–water partition coefficient (Wildman–Crippen LogP) is 2.00. The van der Waals surface area contributed by atoms with Crippen LogP contribution in [0.4, 0.5) is 0 Å². The lowest BCUT2D eigenvalue weighted by Gasteiger charge is -2.02. The van der Waals surface area contributed by atoms with Crippen molar-refractivity contribution in [1.29, 1.82) is 0 Å². The molecule has 20 heavy (non-hydrogen) atoms. The topological polar surface area (TPSA) is 72.5 Å². The van der Waals surface area contributed by atoms with E-state index < -0.39 is 9.84 Å². The van der Waals surface area contributed by atoms with Crippen molar-refractivity contribution in [2.75, 3.05) is 6.26 Å². The Kier molecular flexibility index (Phi) is 4.20. The van der Waals surface area contributed by atoms with Gasteiger partial charge < -0.3 is 5.73 Å². The summed E-state index contributed by atoms with van der Waals surface area (Å²) in [7, 11) is -3.15. The summed E-state index contributed by atoms with van der Waals surface area (Å²) < 4.78 is 22.7. The van der Waals surface area contributed by atoms with Crippen molar-refractivity contribution < 1.29 is 8.42 Å². The van der Waals surface area contributed by atoms with Crippen molar-refractivity contribution in [3.63, 3.8) is 0 Å². The summed E-state index contributed by atoms with van der Waals surface area (Å²) in [6.45, 7) is 0.421. The van der Waals surface area contributed by atoms with Crippen molar-refractivity contribution in [2.45, 2.75) is 11.4 Å². The maximum Gasteiger partial charge on any atom is 0.175 e. The zero-order valence-corrected chi connectivity index (χ0v) is 12.0. The van der Waals surface area contributed by atoms with Crippen molar-refractivity contribution in [2.24, 2.45) is 10.7 Å². The second kappa shape index (κ2) is 5.88. The summed E-state index contributed by atoms with van der Waals surface area (Å²) in [6.07, 6.45) is 1.19. The Balaban J connectivity index is 2.12. The Hall–Kier alpha value is -2.14. The SMILES string of the molecule is CS(=O)(=O)c1ccc(CN=C(N)c2ccccc2)cc1. The monoisotopic (exact) mass is 288 g/mol. The summed E-state index contributed by atoms with van der Waals surface area (Å²) in [5.74, 6) is 0.470. The molecule has 0 aromatic heterocycles. The molecular formula is C15H16N2O2S. The molecule has 0 radical (unpaired) electrons. The summed E-state index contributed by atoms with van der Waals surface area (Å²) >= 11 is 0. The molecule has 104 valence electrons. The van der Waals surface area contributed by atoms with Crippen LogP contribution in [0.25, 0.3) is 0 Å². The Morgan fingerprint density at radius 2 is 1.65 bits per heavy atom. The molecule has 0 unspecified atom stereocenters. The Morgan fingerprint density at radius 3 is 2.20 bits per heavy atom. The number of rotatable bonds is 4. The first kappa shape index (κ1) is 14.3. The van der Waals surface area contributed by atoms with Gasteiger partial charge in [0.25, 0.3) is 0 Å². The summed E-state index contributed by atoms with van der Waals surface area (Å²) in [5.41, 5.74) is 7.68. The second-order valence-corrected chi connectivity index (χ2v) is 6.50. The van der Waals surface area contributed by atoms with Gasteiger partial charge in [-0.3, -0.25) is 4.99 Å². The van der Waals surface area contributed by atoms with Crippen LogP contribution in [-0.2, 0) is 16.4 Å². The van der Waals surface area contributed by atoms with Crippen molar-refractivity contribution in [3.05, 3.63) is 65.7 Å². The Morgan fingerprint density at radius 1 is 1.05 bits per heavy atom. The number of aliphatic imine (C=N–C) groups is 1. The summed E-state index contributed by atoms with van der Waals surface area (Å²) in [4.78, 5) is 4.61. The molecule has 2 N–H and O–H groups in total. The largest absolute Gasteiger partial charge is 0.383 e. The lowest BCUT2D eigenvalue weighted by Crippen LogP contribution is -2.13. The highest BCUT2D eigenvalue weighted by Gasteiger charge is 2.05. The minimum atomic E-state index is -3.15. The van der Waals surface area contributed by atoms with E-state index in [1.165, 1.54) is 6.26 Å². The van der Waals surface area contributed by atoms with E-state index in [1.54, 1.807) is 24.3 Å². The van der Waals surface area contributed by atoms with Gasteiger partial charge in [0.05, 0.1) is 11.4 Å². The van der Waals surface area contributed by atoms with E-state index in [0.717, 1.165) is 11.1 Å². The average molecular weight is 288 g/mol. The number of amidine groups is 1. The molecule has 0 atom stereocenters. The zero-order valence-electron chi connectivity index (χ0n) is 11.2. The molecule has 0 aliphatic heterocycles. The number of hydrogen-bond acceptors (Lipinski definition) is 3. The fraction of sp³-hybridized carbons (Fsp3) is 0.133. The van der Waals surface area contributed by atoms with Crippen molar-refractivity contribution in [3.8, 4) is 0 Å². The highest BCUT2D eigenvalue weighted by molar-refractivity contribution is 7.90. The van der Waals surface area contributed by atoms with Crippen LogP contribution in [0.5, 0.6) is 0 Å². The van der Waals surface area contributed by atoms with Crippen molar-refractivity contribution in [1.82, 2.24) is 0 Å². The van der Waals surface area contributed by atoms with E-state index in [2.05, 4.69) is 4.99 Å². The number of hydrogen-bond donors (Lipinski definition) is 1. The number of sulfone groups is 1. The van der Waals surface area contributed by atoms with E-state index in [4.69, 9.17) is 5.73 Å². The molecule has 0 bridgehead atoms. The van der Waals surface area contributed by atoms with Crippen LogP contribution >= 0.6 is 0 Å². The van der Waals surface area contributed by atoms with Crippen LogP contribution in [0.3, 0.4) is 0 Å². The standard InChI is InChI=1S/C15H16N2O2S/c1-20(18,19)14-9-7-12(8-10-14)11-17-15(16)13-5-3-2-4-6-13/h2-10H,11H2,1H3,(H2,16,17). The molecule has 0 spiro atoms. The van der Waals surface area contributed by atoms with Gasteiger partial charge in [0.2, 0.25) is 0 Å². The minimum absolute atomic E-state index is 0.307. The molecule has 0 fully saturated rings. The third-order valence-corrected chi connectivity index (χ3v) is 3.98. The normalized spacial score (nSPS) is 12.3. The number of nitrogens with two attached hydrogens (primary N) is 1. The Labute approximate surface area is 118 Å². The van der Waals surface area contributed by atoms with Gasteiger partial charge in [-0.25, -0.2) is 8.42 Å². The number of benzene rings is 2. The van der Waals surface area contributed by atoms with Crippen LogP contribution in [-0.4, -0.2) is 20.5 Å². The van der Waals surface area contributed by atoms with Crippen LogP contribution in [0.1, 0.15) is 11.1 Å². The van der Waals surface area contributed by atoms with E-state index in [0.29, 0.717) is 17.3 Å². The maximum atomic E-state index is 11.3. The third-order valence-electron chi connectivity index (χ3n) is 2.85. The summed E-state index contributed by atoms with van der Waals surface area (Å²) in [6, 6.07) is 16.2. The molecule has 0 heterocycles. The highest BCUT2D eigenvalue weighted by atomic mass is 32.2. The van der Waals surface area contributed by atoms with Gasteiger partial charge in [0.15, 0.2) is 9.84 Å². The maximum absolute atomic E-state index is 11.3. The van der Waals surface area contributed by atoms with E-state index in [1.807, 2.05) is 30.3 Å². The van der Waals surface area contributed by atoms with Gasteiger partial charge >= 0.3 is 0 Å². The van der Waals surface area contributed by atoms with Gasteiger partial charge in [-0.2, -0.15) is 0 Å². The van der Waals surface area contributed by atoms with E-state index >= 15 is 0 Å². The highest BCUT2D eigenvalue weighted by Crippen LogP contribution is 2.11. The smallest absolute Gasteiger partial charge is 0.175 e. The predicted molar refractivity (Wildman–Crippen MR) is 80.4 cm³/mol. The first-order valence-corrected chi connectivity index (χ1v) is 8.00. The number of nitrogens with zero attached hydrogens (tertiary/aromatic N) is 1.